The molecule has 2 aromatic rings. The largest absolute Gasteiger partial charge is 0.476 e. The molecular formula is C13H12ClN3O3. The van der Waals surface area contributed by atoms with Gasteiger partial charge in [-0.05, 0) is 24.3 Å². The molecule has 1 aromatic heterocycles. The van der Waals surface area contributed by atoms with Crippen LogP contribution in [0.25, 0.3) is 0 Å². The third-order valence-corrected chi connectivity index (χ3v) is 2.77. The quantitative estimate of drug-likeness (QED) is 0.885. The zero-order valence-corrected chi connectivity index (χ0v) is 11.2. The average molecular weight is 294 g/mol. The summed E-state index contributed by atoms with van der Waals surface area (Å²) in [6, 6.07) is 8.23. The number of carboxylic acids is 1. The van der Waals surface area contributed by atoms with E-state index in [1.807, 2.05) is 0 Å². The lowest BCUT2D eigenvalue weighted by Crippen LogP contribution is -2.15. The maximum absolute atomic E-state index is 11.7. The Morgan fingerprint density at radius 1 is 1.35 bits per heavy atom. The van der Waals surface area contributed by atoms with Gasteiger partial charge in [0.15, 0.2) is 5.69 Å². The van der Waals surface area contributed by atoms with E-state index in [0.717, 1.165) is 0 Å². The second-order valence-electron chi connectivity index (χ2n) is 4.08. The van der Waals surface area contributed by atoms with Gasteiger partial charge in [0.1, 0.15) is 0 Å². The number of aryl methyl sites for hydroxylation is 1. The van der Waals surface area contributed by atoms with Crippen LogP contribution >= 0.6 is 11.6 Å². The Kier molecular flexibility index (Phi) is 4.37. The summed E-state index contributed by atoms with van der Waals surface area (Å²) in [4.78, 5) is 22.4. The Balaban J connectivity index is 1.87. The molecule has 6 nitrogen and oxygen atoms in total. The van der Waals surface area contributed by atoms with E-state index in [2.05, 4.69) is 10.4 Å². The Morgan fingerprint density at radius 2 is 2.15 bits per heavy atom. The van der Waals surface area contributed by atoms with Crippen LogP contribution in [0.15, 0.2) is 36.5 Å². The van der Waals surface area contributed by atoms with Crippen molar-refractivity contribution in [3.63, 3.8) is 0 Å². The summed E-state index contributed by atoms with van der Waals surface area (Å²) < 4.78 is 1.42. The van der Waals surface area contributed by atoms with E-state index in [1.54, 1.807) is 24.3 Å². The van der Waals surface area contributed by atoms with Crippen molar-refractivity contribution >= 4 is 29.2 Å². The average Bonchev–Trinajstić information content (AvgIpc) is 2.85. The van der Waals surface area contributed by atoms with Gasteiger partial charge >= 0.3 is 5.97 Å². The lowest BCUT2D eigenvalue weighted by Gasteiger charge is -2.05. The van der Waals surface area contributed by atoms with Crippen LogP contribution in [0.3, 0.4) is 0 Å². The number of carboxylic acid groups (broad SMARTS) is 1. The topological polar surface area (TPSA) is 84.2 Å². The molecule has 0 aliphatic heterocycles. The van der Waals surface area contributed by atoms with E-state index in [4.69, 9.17) is 16.7 Å². The number of carbonyl (C=O) groups is 2. The molecule has 0 aliphatic carbocycles. The molecule has 0 radical (unpaired) electrons. The molecule has 0 unspecified atom stereocenters. The highest BCUT2D eigenvalue weighted by Gasteiger charge is 2.08. The highest BCUT2D eigenvalue weighted by Crippen LogP contribution is 2.15. The molecule has 7 heteroatoms. The number of benzene rings is 1. The van der Waals surface area contributed by atoms with E-state index in [9.17, 15) is 9.59 Å². The summed E-state index contributed by atoms with van der Waals surface area (Å²) in [5, 5.41) is 15.8. The maximum atomic E-state index is 11.7. The van der Waals surface area contributed by atoms with Crippen molar-refractivity contribution in [2.75, 3.05) is 5.32 Å². The number of hydrogen-bond donors (Lipinski definition) is 2. The molecule has 1 amide bonds. The summed E-state index contributed by atoms with van der Waals surface area (Å²) in [6.07, 6.45) is 1.71. The standard InChI is InChI=1S/C13H12ClN3O3/c14-9-2-1-3-10(8-9)15-12(18)5-7-17-6-4-11(16-17)13(19)20/h1-4,6,8H,5,7H2,(H,15,18)(H,19,20). The molecule has 0 fully saturated rings. The first-order valence-corrected chi connectivity index (χ1v) is 6.24. The van der Waals surface area contributed by atoms with Gasteiger partial charge in [-0.25, -0.2) is 4.79 Å². The maximum Gasteiger partial charge on any atom is 0.356 e. The van der Waals surface area contributed by atoms with Crippen LogP contribution in [-0.2, 0) is 11.3 Å². The monoisotopic (exact) mass is 293 g/mol. The molecular weight excluding hydrogens is 282 g/mol. The molecule has 104 valence electrons. The Hall–Kier alpha value is -2.34. The molecule has 2 rings (SSSR count). The van der Waals surface area contributed by atoms with Crippen LogP contribution < -0.4 is 5.32 Å². The molecule has 20 heavy (non-hydrogen) atoms. The molecule has 0 spiro atoms. The van der Waals surface area contributed by atoms with Gasteiger partial charge in [0.05, 0.1) is 0 Å². The van der Waals surface area contributed by atoms with E-state index < -0.39 is 5.97 Å². The number of aromatic nitrogens is 2. The van der Waals surface area contributed by atoms with Gasteiger partial charge in [-0.3, -0.25) is 9.48 Å². The second-order valence-corrected chi connectivity index (χ2v) is 4.51. The van der Waals surface area contributed by atoms with Gasteiger partial charge in [-0.1, -0.05) is 17.7 Å². The molecule has 0 bridgehead atoms. The number of carbonyl (C=O) groups excluding carboxylic acids is 1. The molecule has 2 N–H and O–H groups in total. The van der Waals surface area contributed by atoms with Gasteiger partial charge in [0.25, 0.3) is 0 Å². The van der Waals surface area contributed by atoms with Crippen molar-refractivity contribution in [1.29, 1.82) is 0 Å². The third-order valence-electron chi connectivity index (χ3n) is 2.54. The Labute approximate surface area is 120 Å². The summed E-state index contributed by atoms with van der Waals surface area (Å²) in [7, 11) is 0. The number of aromatic carboxylic acids is 1. The van der Waals surface area contributed by atoms with Crippen molar-refractivity contribution in [3.8, 4) is 0 Å². The predicted octanol–water partition coefficient (Wildman–Crippen LogP) is 2.26. The molecule has 0 saturated heterocycles. The number of rotatable bonds is 5. The van der Waals surface area contributed by atoms with Crippen LogP contribution in [0.4, 0.5) is 5.69 Å². The molecule has 1 aromatic carbocycles. The number of nitrogens with zero attached hydrogens (tertiary/aromatic N) is 2. The first-order chi connectivity index (χ1) is 9.54. The number of hydrogen-bond acceptors (Lipinski definition) is 3. The van der Waals surface area contributed by atoms with E-state index in [1.165, 1.54) is 16.9 Å². The van der Waals surface area contributed by atoms with Gasteiger partial charge < -0.3 is 10.4 Å². The van der Waals surface area contributed by atoms with Crippen LogP contribution in [0, 0.1) is 0 Å². The Morgan fingerprint density at radius 3 is 2.80 bits per heavy atom. The number of amides is 1. The van der Waals surface area contributed by atoms with E-state index in [-0.39, 0.29) is 18.0 Å². The van der Waals surface area contributed by atoms with E-state index >= 15 is 0 Å². The fourth-order valence-electron chi connectivity index (χ4n) is 1.61. The molecule has 0 saturated carbocycles. The summed E-state index contributed by atoms with van der Waals surface area (Å²) in [6.45, 7) is 0.305. The third kappa shape index (κ3) is 3.83. The molecule has 0 aliphatic rings. The van der Waals surface area contributed by atoms with Crippen molar-refractivity contribution in [2.24, 2.45) is 0 Å². The Bertz CT molecular complexity index is 639. The lowest BCUT2D eigenvalue weighted by molar-refractivity contribution is -0.116. The minimum Gasteiger partial charge on any atom is -0.476 e. The van der Waals surface area contributed by atoms with Gasteiger partial charge in [-0.15, -0.1) is 0 Å². The molecule has 0 atom stereocenters. The fraction of sp³-hybridized carbons (Fsp3) is 0.154. The summed E-state index contributed by atoms with van der Waals surface area (Å²) >= 11 is 5.81. The normalized spacial score (nSPS) is 10.2. The smallest absolute Gasteiger partial charge is 0.356 e. The fourth-order valence-corrected chi connectivity index (χ4v) is 1.80. The van der Waals surface area contributed by atoms with Crippen LogP contribution in [0.2, 0.25) is 5.02 Å². The predicted molar refractivity (Wildman–Crippen MR) is 73.9 cm³/mol. The minimum atomic E-state index is -1.09. The van der Waals surface area contributed by atoms with Crippen molar-refractivity contribution in [3.05, 3.63) is 47.2 Å². The SMILES string of the molecule is O=C(CCn1ccc(C(=O)O)n1)Nc1cccc(Cl)c1. The first kappa shape index (κ1) is 14.1. The lowest BCUT2D eigenvalue weighted by atomic mass is 10.3. The van der Waals surface area contributed by atoms with Crippen LogP contribution in [-0.4, -0.2) is 26.8 Å². The number of halogens is 1. The van der Waals surface area contributed by atoms with Crippen molar-refractivity contribution in [1.82, 2.24) is 9.78 Å². The summed E-state index contributed by atoms with van der Waals surface area (Å²) in [5.74, 6) is -1.29. The van der Waals surface area contributed by atoms with Crippen molar-refractivity contribution in [2.45, 2.75) is 13.0 Å². The molecule has 1 heterocycles. The number of nitrogens with one attached hydrogen (secondary N) is 1. The minimum absolute atomic E-state index is 0.0414. The van der Waals surface area contributed by atoms with Crippen molar-refractivity contribution < 1.29 is 14.7 Å². The number of anilines is 1. The highest BCUT2D eigenvalue weighted by atomic mass is 35.5. The first-order valence-electron chi connectivity index (χ1n) is 5.87. The summed E-state index contributed by atoms with van der Waals surface area (Å²) in [5.41, 5.74) is 0.578. The van der Waals surface area contributed by atoms with Crippen LogP contribution in [0.1, 0.15) is 16.9 Å². The highest BCUT2D eigenvalue weighted by molar-refractivity contribution is 6.30. The second kappa shape index (κ2) is 6.21. The zero-order chi connectivity index (χ0) is 14.5. The van der Waals surface area contributed by atoms with E-state index in [0.29, 0.717) is 17.3 Å². The van der Waals surface area contributed by atoms with Gasteiger partial charge in [0, 0.05) is 29.9 Å². The van der Waals surface area contributed by atoms with Crippen LogP contribution in [0.5, 0.6) is 0 Å². The van der Waals surface area contributed by atoms with Gasteiger partial charge in [0.2, 0.25) is 5.91 Å². The van der Waals surface area contributed by atoms with Gasteiger partial charge in [-0.2, -0.15) is 5.10 Å². The zero-order valence-electron chi connectivity index (χ0n) is 10.4.